The Bertz CT molecular complexity index is 597. The number of benzene rings is 2. The van der Waals surface area contributed by atoms with E-state index < -0.39 is 5.54 Å². The number of nitrogens with one attached hydrogen (secondary N) is 1. The molecule has 0 aromatic heterocycles. The smallest absolute Gasteiger partial charge is 0.252 e. The van der Waals surface area contributed by atoms with Crippen LogP contribution < -0.4 is 11.1 Å². The van der Waals surface area contributed by atoms with Crippen LogP contribution in [0.15, 0.2) is 42.5 Å². The quantitative estimate of drug-likeness (QED) is 0.887. The van der Waals surface area contributed by atoms with Crippen LogP contribution in [0.3, 0.4) is 0 Å². The van der Waals surface area contributed by atoms with Crippen LogP contribution in [-0.4, -0.2) is 17.5 Å². The molecule has 1 unspecified atom stereocenters. The molecule has 0 radical (unpaired) electrons. The predicted octanol–water partition coefficient (Wildman–Crippen LogP) is 2.70. The first-order valence-corrected chi connectivity index (χ1v) is 6.47. The third-order valence-electron chi connectivity index (χ3n) is 3.61. The maximum absolute atomic E-state index is 12.4. The number of amides is 1. The van der Waals surface area contributed by atoms with Crippen LogP contribution in [0.4, 0.5) is 0 Å². The summed E-state index contributed by atoms with van der Waals surface area (Å²) in [7, 11) is 0. The Hall–Kier alpha value is -1.87. The largest absolute Gasteiger partial charge is 0.346 e. The molecule has 1 atom stereocenters. The minimum absolute atomic E-state index is 0.0842. The van der Waals surface area contributed by atoms with Crippen molar-refractivity contribution in [2.24, 2.45) is 5.73 Å². The second kappa shape index (κ2) is 5.02. The molecule has 0 aliphatic rings. The molecule has 19 heavy (non-hydrogen) atoms. The summed E-state index contributed by atoms with van der Waals surface area (Å²) < 4.78 is 0. The van der Waals surface area contributed by atoms with E-state index in [1.54, 1.807) is 0 Å². The molecule has 100 valence electrons. The molecular weight excluding hydrogens is 236 g/mol. The Kier molecular flexibility index (Phi) is 3.58. The van der Waals surface area contributed by atoms with Crippen LogP contribution in [0.5, 0.6) is 0 Å². The summed E-state index contributed by atoms with van der Waals surface area (Å²) in [4.78, 5) is 12.4. The van der Waals surface area contributed by atoms with Crippen molar-refractivity contribution in [2.75, 3.05) is 0 Å². The molecule has 3 N–H and O–H groups in total. The lowest BCUT2D eigenvalue weighted by Gasteiger charge is -2.30. The molecule has 2 aromatic rings. The Balaban J connectivity index is 2.37. The van der Waals surface area contributed by atoms with Crippen LogP contribution in [0.2, 0.25) is 0 Å². The minimum atomic E-state index is -0.436. The van der Waals surface area contributed by atoms with Gasteiger partial charge in [-0.25, -0.2) is 0 Å². The molecule has 0 saturated carbocycles. The standard InChI is InChI=1S/C16H20N2O/c1-11(17)16(2,3)18-15(19)14-10-6-8-12-7-4-5-9-13(12)14/h4-11H,17H2,1-3H3,(H,18,19). The molecule has 2 rings (SSSR count). The Morgan fingerprint density at radius 2 is 1.79 bits per heavy atom. The zero-order chi connectivity index (χ0) is 14.0. The van der Waals surface area contributed by atoms with Crippen molar-refractivity contribution in [3.63, 3.8) is 0 Å². The van der Waals surface area contributed by atoms with E-state index in [1.807, 2.05) is 63.2 Å². The maximum atomic E-state index is 12.4. The third kappa shape index (κ3) is 2.76. The highest BCUT2D eigenvalue weighted by Crippen LogP contribution is 2.19. The lowest BCUT2D eigenvalue weighted by atomic mass is 9.95. The van der Waals surface area contributed by atoms with Gasteiger partial charge in [0.05, 0.1) is 0 Å². The Labute approximate surface area is 113 Å². The number of rotatable bonds is 3. The molecule has 0 aliphatic carbocycles. The Morgan fingerprint density at radius 3 is 2.47 bits per heavy atom. The van der Waals surface area contributed by atoms with Crippen molar-refractivity contribution in [1.82, 2.24) is 5.32 Å². The van der Waals surface area contributed by atoms with Crippen molar-refractivity contribution in [3.05, 3.63) is 48.0 Å². The van der Waals surface area contributed by atoms with Crippen LogP contribution in [0.1, 0.15) is 31.1 Å². The van der Waals surface area contributed by atoms with Gasteiger partial charge < -0.3 is 11.1 Å². The fourth-order valence-electron chi connectivity index (χ4n) is 1.90. The van der Waals surface area contributed by atoms with Gasteiger partial charge in [-0.15, -0.1) is 0 Å². The number of fused-ring (bicyclic) bond motifs is 1. The van der Waals surface area contributed by atoms with Gasteiger partial charge in [0.1, 0.15) is 0 Å². The van der Waals surface area contributed by atoms with Crippen LogP contribution in [0, 0.1) is 0 Å². The number of hydrogen-bond acceptors (Lipinski definition) is 2. The van der Waals surface area contributed by atoms with Crippen molar-refractivity contribution in [3.8, 4) is 0 Å². The molecule has 1 amide bonds. The van der Waals surface area contributed by atoms with Gasteiger partial charge in [0.15, 0.2) is 0 Å². The summed E-state index contributed by atoms with van der Waals surface area (Å²) in [5.41, 5.74) is 6.14. The summed E-state index contributed by atoms with van der Waals surface area (Å²) in [6, 6.07) is 13.5. The summed E-state index contributed by atoms with van der Waals surface area (Å²) >= 11 is 0. The average Bonchev–Trinajstić information content (AvgIpc) is 2.37. The first kappa shape index (κ1) is 13.6. The normalized spacial score (nSPS) is 13.3. The molecule has 2 aromatic carbocycles. The summed E-state index contributed by atoms with van der Waals surface area (Å²) in [6.07, 6.45) is 0. The lowest BCUT2D eigenvalue weighted by Crippen LogP contribution is -2.54. The average molecular weight is 256 g/mol. The minimum Gasteiger partial charge on any atom is -0.346 e. The fourth-order valence-corrected chi connectivity index (χ4v) is 1.90. The van der Waals surface area contributed by atoms with E-state index in [-0.39, 0.29) is 11.9 Å². The van der Waals surface area contributed by atoms with E-state index in [0.29, 0.717) is 5.56 Å². The Morgan fingerprint density at radius 1 is 1.16 bits per heavy atom. The molecule has 3 heteroatoms. The number of hydrogen-bond donors (Lipinski definition) is 2. The molecule has 0 aliphatic heterocycles. The molecule has 3 nitrogen and oxygen atoms in total. The van der Waals surface area contributed by atoms with Crippen LogP contribution in [-0.2, 0) is 0 Å². The first-order valence-electron chi connectivity index (χ1n) is 6.47. The number of carbonyl (C=O) groups is 1. The van der Waals surface area contributed by atoms with Crippen molar-refractivity contribution in [2.45, 2.75) is 32.4 Å². The van der Waals surface area contributed by atoms with Crippen LogP contribution >= 0.6 is 0 Å². The highest BCUT2D eigenvalue weighted by atomic mass is 16.1. The molecule has 0 bridgehead atoms. The zero-order valence-electron chi connectivity index (χ0n) is 11.6. The van der Waals surface area contributed by atoms with E-state index in [2.05, 4.69) is 5.32 Å². The SMILES string of the molecule is CC(N)C(C)(C)NC(=O)c1cccc2ccccc12. The molecule has 0 saturated heterocycles. The summed E-state index contributed by atoms with van der Waals surface area (Å²) in [6.45, 7) is 5.75. The highest BCUT2D eigenvalue weighted by molar-refractivity contribution is 6.07. The second-order valence-corrected chi connectivity index (χ2v) is 5.49. The van der Waals surface area contributed by atoms with Gasteiger partial charge in [-0.1, -0.05) is 36.4 Å². The van der Waals surface area contributed by atoms with E-state index >= 15 is 0 Å². The fraction of sp³-hybridized carbons (Fsp3) is 0.312. The van der Waals surface area contributed by atoms with Gasteiger partial charge >= 0.3 is 0 Å². The molecular formula is C16H20N2O. The van der Waals surface area contributed by atoms with Gasteiger partial charge in [0.25, 0.3) is 5.91 Å². The van der Waals surface area contributed by atoms with E-state index in [0.717, 1.165) is 10.8 Å². The maximum Gasteiger partial charge on any atom is 0.252 e. The highest BCUT2D eigenvalue weighted by Gasteiger charge is 2.25. The van der Waals surface area contributed by atoms with Crippen molar-refractivity contribution < 1.29 is 4.79 Å². The van der Waals surface area contributed by atoms with Gasteiger partial charge in [-0.2, -0.15) is 0 Å². The van der Waals surface area contributed by atoms with E-state index in [1.165, 1.54) is 0 Å². The number of carbonyl (C=O) groups excluding carboxylic acids is 1. The molecule has 0 fully saturated rings. The third-order valence-corrected chi connectivity index (χ3v) is 3.61. The lowest BCUT2D eigenvalue weighted by molar-refractivity contribution is 0.0905. The van der Waals surface area contributed by atoms with Gasteiger partial charge in [-0.05, 0) is 37.6 Å². The van der Waals surface area contributed by atoms with Gasteiger partial charge in [-0.3, -0.25) is 4.79 Å². The molecule has 0 spiro atoms. The van der Waals surface area contributed by atoms with E-state index in [4.69, 9.17) is 5.73 Å². The number of nitrogens with two attached hydrogens (primary N) is 1. The topological polar surface area (TPSA) is 55.1 Å². The van der Waals surface area contributed by atoms with E-state index in [9.17, 15) is 4.79 Å². The van der Waals surface area contributed by atoms with Crippen molar-refractivity contribution >= 4 is 16.7 Å². The van der Waals surface area contributed by atoms with Crippen molar-refractivity contribution in [1.29, 1.82) is 0 Å². The van der Waals surface area contributed by atoms with Gasteiger partial charge in [0, 0.05) is 17.1 Å². The second-order valence-electron chi connectivity index (χ2n) is 5.49. The monoisotopic (exact) mass is 256 g/mol. The molecule has 0 heterocycles. The summed E-state index contributed by atoms with van der Waals surface area (Å²) in [5, 5.41) is 5.02. The zero-order valence-corrected chi connectivity index (χ0v) is 11.6. The van der Waals surface area contributed by atoms with Crippen LogP contribution in [0.25, 0.3) is 10.8 Å². The van der Waals surface area contributed by atoms with Gasteiger partial charge in [0.2, 0.25) is 0 Å². The summed E-state index contributed by atoms with van der Waals surface area (Å²) in [5.74, 6) is -0.0842. The first-order chi connectivity index (χ1) is 8.92. The predicted molar refractivity (Wildman–Crippen MR) is 79.1 cm³/mol.